The summed E-state index contributed by atoms with van der Waals surface area (Å²) in [5.74, 6) is 1.48. The number of nitrogens with one attached hydrogen (secondary N) is 1. The Bertz CT molecular complexity index is 699. The zero-order chi connectivity index (χ0) is 15.1. The maximum atomic E-state index is 12.3. The Balaban J connectivity index is 1.34. The molecule has 5 nitrogen and oxygen atoms in total. The first-order valence-corrected chi connectivity index (χ1v) is 7.77. The molecule has 4 rings (SSSR count). The van der Waals surface area contributed by atoms with Crippen molar-refractivity contribution in [3.8, 4) is 5.75 Å². The third kappa shape index (κ3) is 2.47. The standard InChI is InChI=1S/C17H19N3O2/c1-11-4-2-3-5-16(11)22-13-9-20(10-13)17(21)15-8-14(18-19-15)12-6-7-12/h2-5,8,12-13H,6-7,9-10H2,1H3,(H,18,19). The third-order valence-corrected chi connectivity index (χ3v) is 4.36. The molecule has 0 atom stereocenters. The molecule has 1 aromatic carbocycles. The lowest BCUT2D eigenvalue weighted by atomic mass is 10.1. The molecular weight excluding hydrogens is 278 g/mol. The molecule has 22 heavy (non-hydrogen) atoms. The van der Waals surface area contributed by atoms with Gasteiger partial charge in [0, 0.05) is 11.6 Å². The summed E-state index contributed by atoms with van der Waals surface area (Å²) in [4.78, 5) is 14.1. The Hall–Kier alpha value is -2.30. The second kappa shape index (κ2) is 5.16. The molecule has 114 valence electrons. The summed E-state index contributed by atoms with van der Waals surface area (Å²) in [5, 5.41) is 7.13. The van der Waals surface area contributed by atoms with E-state index in [1.165, 1.54) is 12.8 Å². The molecule has 0 radical (unpaired) electrons. The van der Waals surface area contributed by atoms with Crippen LogP contribution in [0.15, 0.2) is 30.3 Å². The second-order valence-electron chi connectivity index (χ2n) is 6.20. The van der Waals surface area contributed by atoms with Crippen LogP contribution in [0.5, 0.6) is 5.75 Å². The van der Waals surface area contributed by atoms with Crippen LogP contribution in [-0.2, 0) is 0 Å². The van der Waals surface area contributed by atoms with Gasteiger partial charge < -0.3 is 9.64 Å². The molecule has 0 unspecified atom stereocenters. The van der Waals surface area contributed by atoms with E-state index in [4.69, 9.17) is 4.74 Å². The number of carbonyl (C=O) groups excluding carboxylic acids is 1. The van der Waals surface area contributed by atoms with E-state index in [1.54, 1.807) is 4.90 Å². The Morgan fingerprint density at radius 3 is 2.82 bits per heavy atom. The molecule has 2 aromatic rings. The fraction of sp³-hybridized carbons (Fsp3) is 0.412. The van der Waals surface area contributed by atoms with Crippen LogP contribution in [0.4, 0.5) is 0 Å². The zero-order valence-corrected chi connectivity index (χ0v) is 12.6. The molecular formula is C17H19N3O2. The van der Waals surface area contributed by atoms with Gasteiger partial charge in [0.2, 0.25) is 0 Å². The van der Waals surface area contributed by atoms with Gasteiger partial charge in [0.15, 0.2) is 0 Å². The molecule has 1 saturated carbocycles. The van der Waals surface area contributed by atoms with Crippen LogP contribution in [0.25, 0.3) is 0 Å². The van der Waals surface area contributed by atoms with Gasteiger partial charge in [0.05, 0.1) is 13.1 Å². The molecule has 5 heteroatoms. The predicted octanol–water partition coefficient (Wildman–Crippen LogP) is 2.50. The van der Waals surface area contributed by atoms with Crippen LogP contribution in [0.1, 0.15) is 40.5 Å². The first-order chi connectivity index (χ1) is 10.7. The second-order valence-corrected chi connectivity index (χ2v) is 6.20. The van der Waals surface area contributed by atoms with E-state index in [1.807, 2.05) is 37.3 Å². The van der Waals surface area contributed by atoms with Gasteiger partial charge in [-0.05, 0) is 37.5 Å². The number of ether oxygens (including phenoxy) is 1. The Morgan fingerprint density at radius 1 is 1.32 bits per heavy atom. The number of aromatic nitrogens is 2. The van der Waals surface area contributed by atoms with Crippen molar-refractivity contribution in [1.29, 1.82) is 0 Å². The molecule has 1 aromatic heterocycles. The number of carbonyl (C=O) groups is 1. The average molecular weight is 297 g/mol. The SMILES string of the molecule is Cc1ccccc1OC1CN(C(=O)c2cc(C3CC3)[nH]n2)C1. The fourth-order valence-corrected chi connectivity index (χ4v) is 2.76. The van der Waals surface area contributed by atoms with Crippen molar-refractivity contribution in [2.45, 2.75) is 31.8 Å². The number of nitrogens with zero attached hydrogens (tertiary/aromatic N) is 2. The summed E-state index contributed by atoms with van der Waals surface area (Å²) in [6.45, 7) is 3.28. The monoisotopic (exact) mass is 297 g/mol. The molecule has 2 aliphatic rings. The summed E-state index contributed by atoms with van der Waals surface area (Å²) >= 11 is 0. The molecule has 0 spiro atoms. The van der Waals surface area contributed by atoms with Crippen molar-refractivity contribution < 1.29 is 9.53 Å². The molecule has 1 N–H and O–H groups in total. The van der Waals surface area contributed by atoms with E-state index in [0.29, 0.717) is 24.7 Å². The van der Waals surface area contributed by atoms with Crippen LogP contribution in [0.3, 0.4) is 0 Å². The van der Waals surface area contributed by atoms with Gasteiger partial charge in [-0.15, -0.1) is 0 Å². The van der Waals surface area contributed by atoms with Crippen molar-refractivity contribution in [3.63, 3.8) is 0 Å². The number of likely N-dealkylation sites (tertiary alicyclic amines) is 1. The maximum absolute atomic E-state index is 12.3. The van der Waals surface area contributed by atoms with E-state index in [2.05, 4.69) is 10.2 Å². The topological polar surface area (TPSA) is 58.2 Å². The van der Waals surface area contributed by atoms with E-state index in [9.17, 15) is 4.79 Å². The van der Waals surface area contributed by atoms with E-state index < -0.39 is 0 Å². The maximum Gasteiger partial charge on any atom is 0.274 e. The van der Waals surface area contributed by atoms with E-state index >= 15 is 0 Å². The summed E-state index contributed by atoms with van der Waals surface area (Å²) in [6, 6.07) is 9.85. The predicted molar refractivity (Wildman–Crippen MR) is 82.1 cm³/mol. The van der Waals surface area contributed by atoms with Crippen molar-refractivity contribution in [1.82, 2.24) is 15.1 Å². The smallest absolute Gasteiger partial charge is 0.274 e. The van der Waals surface area contributed by atoms with Gasteiger partial charge in [0.25, 0.3) is 5.91 Å². The largest absolute Gasteiger partial charge is 0.486 e. The summed E-state index contributed by atoms with van der Waals surface area (Å²) in [5.41, 5.74) is 2.74. The number of hydrogen-bond donors (Lipinski definition) is 1. The molecule has 2 heterocycles. The lowest BCUT2D eigenvalue weighted by molar-refractivity contribution is 0.0171. The molecule has 2 fully saturated rings. The fourth-order valence-electron chi connectivity index (χ4n) is 2.76. The average Bonchev–Trinajstić information content (AvgIpc) is 3.21. The van der Waals surface area contributed by atoms with Crippen molar-refractivity contribution in [3.05, 3.63) is 47.3 Å². The lowest BCUT2D eigenvalue weighted by Gasteiger charge is -2.38. The first-order valence-electron chi connectivity index (χ1n) is 7.77. The van der Waals surface area contributed by atoms with Crippen LogP contribution in [0, 0.1) is 6.92 Å². The van der Waals surface area contributed by atoms with Crippen LogP contribution in [0.2, 0.25) is 0 Å². The highest BCUT2D eigenvalue weighted by Gasteiger charge is 2.35. The minimum absolute atomic E-state index is 0.00668. The summed E-state index contributed by atoms with van der Waals surface area (Å²) in [7, 11) is 0. The molecule has 1 amide bonds. The number of hydrogen-bond acceptors (Lipinski definition) is 3. The number of amides is 1. The normalized spacial score (nSPS) is 18.1. The highest BCUT2D eigenvalue weighted by atomic mass is 16.5. The zero-order valence-electron chi connectivity index (χ0n) is 12.6. The van der Waals surface area contributed by atoms with Gasteiger partial charge in [-0.3, -0.25) is 9.89 Å². The summed E-state index contributed by atoms with van der Waals surface area (Å²) < 4.78 is 5.93. The van der Waals surface area contributed by atoms with Crippen molar-refractivity contribution in [2.24, 2.45) is 0 Å². The minimum Gasteiger partial charge on any atom is -0.486 e. The highest BCUT2D eigenvalue weighted by molar-refractivity contribution is 5.93. The molecule has 1 saturated heterocycles. The van der Waals surface area contributed by atoms with Gasteiger partial charge in [-0.25, -0.2) is 0 Å². The van der Waals surface area contributed by atoms with Gasteiger partial charge >= 0.3 is 0 Å². The van der Waals surface area contributed by atoms with Crippen LogP contribution in [-0.4, -0.2) is 40.2 Å². The third-order valence-electron chi connectivity index (χ3n) is 4.36. The number of aromatic amines is 1. The first kappa shape index (κ1) is 13.4. The molecule has 1 aliphatic heterocycles. The van der Waals surface area contributed by atoms with E-state index in [-0.39, 0.29) is 12.0 Å². The number of aryl methyl sites for hydroxylation is 1. The number of rotatable bonds is 4. The Labute approximate surface area is 129 Å². The van der Waals surface area contributed by atoms with Crippen LogP contribution >= 0.6 is 0 Å². The van der Waals surface area contributed by atoms with Crippen LogP contribution < -0.4 is 4.74 Å². The van der Waals surface area contributed by atoms with Gasteiger partial charge in [0.1, 0.15) is 17.5 Å². The highest BCUT2D eigenvalue weighted by Crippen LogP contribution is 2.39. The minimum atomic E-state index is -0.00668. The number of H-pyrrole nitrogens is 1. The van der Waals surface area contributed by atoms with E-state index in [0.717, 1.165) is 17.0 Å². The molecule has 0 bridgehead atoms. The summed E-state index contributed by atoms with van der Waals surface area (Å²) in [6.07, 6.45) is 2.48. The van der Waals surface area contributed by atoms with Gasteiger partial charge in [-0.2, -0.15) is 5.10 Å². The number of benzene rings is 1. The Kier molecular flexibility index (Phi) is 3.13. The quantitative estimate of drug-likeness (QED) is 0.943. The molecule has 1 aliphatic carbocycles. The lowest BCUT2D eigenvalue weighted by Crippen LogP contribution is -2.56. The number of para-hydroxylation sites is 1. The van der Waals surface area contributed by atoms with Crippen molar-refractivity contribution in [2.75, 3.05) is 13.1 Å². The Morgan fingerprint density at radius 2 is 2.09 bits per heavy atom. The van der Waals surface area contributed by atoms with Crippen molar-refractivity contribution >= 4 is 5.91 Å². The van der Waals surface area contributed by atoms with Gasteiger partial charge in [-0.1, -0.05) is 18.2 Å².